The number of methoxy groups -OCH3 is 1. The lowest BCUT2D eigenvalue weighted by Gasteiger charge is -2.41. The Hall–Kier alpha value is -3.67. The van der Waals surface area contributed by atoms with Crippen LogP contribution in [0, 0.1) is 5.41 Å². The second-order valence-corrected chi connectivity index (χ2v) is 8.71. The fraction of sp³-hybridized carbons (Fsp3) is 0.296. The number of hydrogen-bond acceptors (Lipinski definition) is 4. The lowest BCUT2D eigenvalue weighted by atomic mass is 9.74. The topological polar surface area (TPSA) is 85.5 Å². The Balaban J connectivity index is 1.48. The second-order valence-electron chi connectivity index (χ2n) is 8.71. The molecule has 0 spiro atoms. The minimum atomic E-state index is -0.766. The minimum absolute atomic E-state index is 0.000466. The van der Waals surface area contributed by atoms with Gasteiger partial charge in [-0.25, -0.2) is 0 Å². The molecule has 0 aliphatic carbocycles. The van der Waals surface area contributed by atoms with Gasteiger partial charge >= 0.3 is 0 Å². The highest BCUT2D eigenvalue weighted by atomic mass is 16.5. The van der Waals surface area contributed by atoms with Crippen molar-refractivity contribution in [3.8, 4) is 16.9 Å². The van der Waals surface area contributed by atoms with Crippen molar-refractivity contribution in [3.05, 3.63) is 84.2 Å². The zero-order valence-electron chi connectivity index (χ0n) is 18.9. The minimum Gasteiger partial charge on any atom is -0.497 e. The Kier molecular flexibility index (Phi) is 6.73. The molecule has 1 fully saturated rings. The number of carbonyl (C=O) groups is 2. The molecule has 1 saturated heterocycles. The first kappa shape index (κ1) is 22.5. The number of ether oxygens (including phenoxy) is 1. The van der Waals surface area contributed by atoms with Gasteiger partial charge in [0, 0.05) is 25.5 Å². The van der Waals surface area contributed by atoms with Crippen molar-refractivity contribution in [2.45, 2.75) is 25.7 Å². The van der Waals surface area contributed by atoms with Crippen molar-refractivity contribution in [1.82, 2.24) is 9.88 Å². The predicted octanol–water partition coefficient (Wildman–Crippen LogP) is 3.64. The van der Waals surface area contributed by atoms with E-state index in [1.807, 2.05) is 66.9 Å². The number of aromatic nitrogens is 1. The average molecular weight is 444 g/mol. The third-order valence-electron chi connectivity index (χ3n) is 6.43. The van der Waals surface area contributed by atoms with E-state index < -0.39 is 5.41 Å². The van der Waals surface area contributed by atoms with E-state index in [1.54, 1.807) is 18.2 Å². The van der Waals surface area contributed by atoms with E-state index in [9.17, 15) is 9.59 Å². The number of likely N-dealkylation sites (tertiary alicyclic amines) is 1. The highest BCUT2D eigenvalue weighted by Crippen LogP contribution is 2.34. The van der Waals surface area contributed by atoms with Gasteiger partial charge in [-0.3, -0.25) is 14.6 Å². The molecule has 6 heteroatoms. The first-order chi connectivity index (χ1) is 16.0. The van der Waals surface area contributed by atoms with E-state index in [0.29, 0.717) is 25.9 Å². The van der Waals surface area contributed by atoms with E-state index in [0.717, 1.165) is 34.4 Å². The zero-order chi connectivity index (χ0) is 23.3. The molecule has 2 amide bonds. The van der Waals surface area contributed by atoms with Crippen LogP contribution >= 0.6 is 0 Å². The van der Waals surface area contributed by atoms with Gasteiger partial charge in [0.1, 0.15) is 5.75 Å². The summed E-state index contributed by atoms with van der Waals surface area (Å²) in [6.07, 6.45) is 5.78. The summed E-state index contributed by atoms with van der Waals surface area (Å²) >= 11 is 0. The molecule has 6 nitrogen and oxygen atoms in total. The number of carbonyl (C=O) groups excluding carboxylic acids is 2. The van der Waals surface area contributed by atoms with Gasteiger partial charge in [0.2, 0.25) is 11.8 Å². The Labute approximate surface area is 194 Å². The number of nitrogens with two attached hydrogens (primary N) is 1. The molecule has 1 atom stereocenters. The van der Waals surface area contributed by atoms with Crippen LogP contribution in [-0.2, 0) is 22.4 Å². The van der Waals surface area contributed by atoms with Gasteiger partial charge in [-0.05, 0) is 59.7 Å². The van der Waals surface area contributed by atoms with Gasteiger partial charge in [-0.2, -0.15) is 0 Å². The number of hydrogen-bond donors (Lipinski definition) is 1. The monoisotopic (exact) mass is 443 g/mol. The molecule has 0 radical (unpaired) electrons. The molecule has 1 aliphatic heterocycles. The quantitative estimate of drug-likeness (QED) is 0.604. The van der Waals surface area contributed by atoms with Crippen LogP contribution in [0.15, 0.2) is 73.1 Å². The highest BCUT2D eigenvalue weighted by Gasteiger charge is 2.42. The predicted molar refractivity (Wildman–Crippen MR) is 128 cm³/mol. The summed E-state index contributed by atoms with van der Waals surface area (Å²) in [5, 5.41) is 0. The third kappa shape index (κ3) is 5.22. The summed E-state index contributed by atoms with van der Waals surface area (Å²) < 4.78 is 5.26. The molecule has 2 N–H and O–H groups in total. The number of rotatable bonds is 7. The van der Waals surface area contributed by atoms with Gasteiger partial charge in [0.25, 0.3) is 0 Å². The summed E-state index contributed by atoms with van der Waals surface area (Å²) in [5.74, 6) is 0.373. The molecule has 0 saturated carbocycles. The Morgan fingerprint density at radius 1 is 1.06 bits per heavy atom. The lowest BCUT2D eigenvalue weighted by molar-refractivity contribution is -0.139. The summed E-state index contributed by atoms with van der Waals surface area (Å²) in [6.45, 7) is 0.979. The molecule has 1 unspecified atom stereocenters. The van der Waals surface area contributed by atoms with E-state index >= 15 is 0 Å². The smallest absolute Gasteiger partial charge is 0.227 e. The van der Waals surface area contributed by atoms with Crippen LogP contribution in [0.1, 0.15) is 24.0 Å². The average Bonchev–Trinajstić information content (AvgIpc) is 2.85. The maximum atomic E-state index is 13.1. The molecule has 1 aromatic heterocycles. The first-order valence-electron chi connectivity index (χ1n) is 11.2. The molecular weight excluding hydrogens is 414 g/mol. The molecule has 0 bridgehead atoms. The van der Waals surface area contributed by atoms with E-state index in [1.165, 1.54) is 0 Å². The van der Waals surface area contributed by atoms with Crippen molar-refractivity contribution < 1.29 is 14.3 Å². The van der Waals surface area contributed by atoms with E-state index in [-0.39, 0.29) is 18.2 Å². The molecular formula is C27H29N3O3. The SMILES string of the molecule is COc1cccc(CC(=O)N2CCCC(Cc3ccc(-c4cccnc4)cc3)(C(N)=O)C2)c1. The lowest BCUT2D eigenvalue weighted by Crippen LogP contribution is -2.53. The molecule has 4 rings (SSSR count). The fourth-order valence-electron chi connectivity index (χ4n) is 4.59. The Morgan fingerprint density at radius 2 is 1.88 bits per heavy atom. The number of pyridine rings is 1. The van der Waals surface area contributed by atoms with Crippen LogP contribution < -0.4 is 10.5 Å². The van der Waals surface area contributed by atoms with E-state index in [2.05, 4.69) is 4.98 Å². The Morgan fingerprint density at radius 3 is 2.58 bits per heavy atom. The molecule has 170 valence electrons. The van der Waals surface area contributed by atoms with E-state index in [4.69, 9.17) is 10.5 Å². The van der Waals surface area contributed by atoms with Crippen LogP contribution in [0.5, 0.6) is 5.75 Å². The van der Waals surface area contributed by atoms with Gasteiger partial charge in [0.05, 0.1) is 18.9 Å². The van der Waals surface area contributed by atoms with Gasteiger partial charge in [-0.15, -0.1) is 0 Å². The highest BCUT2D eigenvalue weighted by molar-refractivity contribution is 5.84. The van der Waals surface area contributed by atoms with Crippen LogP contribution in [0.3, 0.4) is 0 Å². The molecule has 3 aromatic rings. The van der Waals surface area contributed by atoms with Crippen LogP contribution in [-0.4, -0.2) is 41.9 Å². The van der Waals surface area contributed by atoms with Gasteiger partial charge in [0.15, 0.2) is 0 Å². The van der Waals surface area contributed by atoms with Crippen molar-refractivity contribution in [2.24, 2.45) is 11.1 Å². The summed E-state index contributed by atoms with van der Waals surface area (Å²) in [7, 11) is 1.61. The molecule has 1 aliphatic rings. The number of piperidine rings is 1. The molecule has 2 heterocycles. The largest absolute Gasteiger partial charge is 0.497 e. The summed E-state index contributed by atoms with van der Waals surface area (Å²) in [6, 6.07) is 19.6. The number of primary amides is 1. The van der Waals surface area contributed by atoms with Crippen molar-refractivity contribution in [2.75, 3.05) is 20.2 Å². The van der Waals surface area contributed by atoms with Crippen LogP contribution in [0.2, 0.25) is 0 Å². The van der Waals surface area contributed by atoms with Crippen LogP contribution in [0.25, 0.3) is 11.1 Å². The maximum Gasteiger partial charge on any atom is 0.227 e. The number of nitrogens with zero attached hydrogens (tertiary/aromatic N) is 2. The van der Waals surface area contributed by atoms with Crippen molar-refractivity contribution >= 4 is 11.8 Å². The number of benzene rings is 2. The van der Waals surface area contributed by atoms with Crippen molar-refractivity contribution in [3.63, 3.8) is 0 Å². The van der Waals surface area contributed by atoms with Crippen molar-refractivity contribution in [1.29, 1.82) is 0 Å². The fourth-order valence-corrected chi connectivity index (χ4v) is 4.59. The summed E-state index contributed by atoms with van der Waals surface area (Å²) in [5.41, 5.74) is 9.19. The van der Waals surface area contributed by atoms with Crippen LogP contribution in [0.4, 0.5) is 0 Å². The third-order valence-corrected chi connectivity index (χ3v) is 6.43. The summed E-state index contributed by atoms with van der Waals surface area (Å²) in [4.78, 5) is 31.7. The standard InChI is InChI=1S/C27H29N3O3/c1-33-24-7-2-5-21(15-24)16-25(31)30-14-4-12-27(19-30,26(28)32)17-20-8-10-22(11-9-20)23-6-3-13-29-18-23/h2-3,5-11,13,15,18H,4,12,14,16-17,19H2,1H3,(H2,28,32). The second kappa shape index (κ2) is 9.86. The number of amides is 2. The Bertz CT molecular complexity index is 1110. The molecule has 33 heavy (non-hydrogen) atoms. The van der Waals surface area contributed by atoms with Gasteiger partial charge in [-0.1, -0.05) is 42.5 Å². The zero-order valence-corrected chi connectivity index (χ0v) is 18.9. The molecule has 2 aromatic carbocycles. The maximum absolute atomic E-state index is 13.1. The normalized spacial score (nSPS) is 18.0. The van der Waals surface area contributed by atoms with Gasteiger partial charge < -0.3 is 15.4 Å². The first-order valence-corrected chi connectivity index (χ1v) is 11.2.